The average Bonchev–Trinajstić information content (AvgIpc) is 2.97. The lowest BCUT2D eigenvalue weighted by atomic mass is 10.0. The van der Waals surface area contributed by atoms with Gasteiger partial charge in [-0.2, -0.15) is 0 Å². The van der Waals surface area contributed by atoms with Crippen molar-refractivity contribution in [1.82, 2.24) is 9.88 Å². The second kappa shape index (κ2) is 10.3. The lowest BCUT2D eigenvalue weighted by Gasteiger charge is -2.25. The van der Waals surface area contributed by atoms with Gasteiger partial charge in [-0.15, -0.1) is 12.4 Å². The Morgan fingerprint density at radius 2 is 1.83 bits per heavy atom. The summed E-state index contributed by atoms with van der Waals surface area (Å²) in [6.45, 7) is 1.99. The first-order valence-corrected chi connectivity index (χ1v) is 7.74. The summed E-state index contributed by atoms with van der Waals surface area (Å²) in [6.07, 6.45) is 2.42. The van der Waals surface area contributed by atoms with Crippen LogP contribution in [0.4, 0.5) is 0 Å². The Kier molecular flexibility index (Phi) is 8.78. The van der Waals surface area contributed by atoms with Gasteiger partial charge in [0.25, 0.3) is 0 Å². The number of carbonyl (C=O) groups excluding carboxylic acids is 1. The van der Waals surface area contributed by atoms with Gasteiger partial charge in [0.1, 0.15) is 0 Å². The lowest BCUT2D eigenvalue weighted by Crippen LogP contribution is -2.47. The van der Waals surface area contributed by atoms with Gasteiger partial charge >= 0.3 is 0 Å². The van der Waals surface area contributed by atoms with Gasteiger partial charge in [0.15, 0.2) is 0 Å². The summed E-state index contributed by atoms with van der Waals surface area (Å²) in [5.74, 6) is -0.0793. The third kappa shape index (κ3) is 5.21. The standard InChI is InChI=1S/C17H25N3O3.ClH/c1-22-9-7-20(8-10-23-2)17(21)15(18)11-13-12-19-16-6-4-3-5-14(13)16;/h3-6,12,15,19H,7-11,18H2,1-2H3;1H/t15-;/m0./s1. The SMILES string of the molecule is COCCN(CCOC)C(=O)[C@@H](N)Cc1c[nH]c2ccccc12.Cl. The molecular weight excluding hydrogens is 330 g/mol. The first-order valence-electron chi connectivity index (χ1n) is 7.74. The molecule has 2 rings (SSSR count). The van der Waals surface area contributed by atoms with Crippen molar-refractivity contribution in [2.45, 2.75) is 12.5 Å². The Morgan fingerprint density at radius 3 is 2.46 bits per heavy atom. The van der Waals surface area contributed by atoms with Gasteiger partial charge in [-0.1, -0.05) is 18.2 Å². The van der Waals surface area contributed by atoms with Crippen LogP contribution in [0.5, 0.6) is 0 Å². The maximum Gasteiger partial charge on any atom is 0.239 e. The van der Waals surface area contributed by atoms with Crippen molar-refractivity contribution in [2.24, 2.45) is 5.73 Å². The number of nitrogens with two attached hydrogens (primary N) is 1. The molecule has 1 atom stereocenters. The molecule has 0 unspecified atom stereocenters. The number of aromatic amines is 1. The number of halogens is 1. The summed E-state index contributed by atoms with van der Waals surface area (Å²) in [6, 6.07) is 7.42. The number of hydrogen-bond acceptors (Lipinski definition) is 4. The Labute approximate surface area is 148 Å². The van der Waals surface area contributed by atoms with Crippen LogP contribution in [0.3, 0.4) is 0 Å². The van der Waals surface area contributed by atoms with Crippen LogP contribution >= 0.6 is 12.4 Å². The number of fused-ring (bicyclic) bond motifs is 1. The van der Waals surface area contributed by atoms with Crippen LogP contribution in [-0.4, -0.2) is 62.4 Å². The molecule has 1 aromatic heterocycles. The minimum absolute atomic E-state index is 0. The monoisotopic (exact) mass is 355 g/mol. The number of nitrogens with zero attached hydrogens (tertiary/aromatic N) is 1. The van der Waals surface area contributed by atoms with E-state index < -0.39 is 6.04 Å². The molecule has 6 nitrogen and oxygen atoms in total. The summed E-state index contributed by atoms with van der Waals surface area (Å²) in [5, 5.41) is 1.11. The molecule has 24 heavy (non-hydrogen) atoms. The normalized spacial score (nSPS) is 12.0. The van der Waals surface area contributed by atoms with Crippen molar-refractivity contribution < 1.29 is 14.3 Å². The van der Waals surface area contributed by atoms with E-state index in [1.807, 2.05) is 30.5 Å². The molecule has 1 heterocycles. The zero-order valence-electron chi connectivity index (χ0n) is 14.2. The highest BCUT2D eigenvalue weighted by molar-refractivity contribution is 5.86. The highest BCUT2D eigenvalue weighted by Gasteiger charge is 2.22. The van der Waals surface area contributed by atoms with E-state index in [1.165, 1.54) is 0 Å². The van der Waals surface area contributed by atoms with E-state index >= 15 is 0 Å². The van der Waals surface area contributed by atoms with E-state index in [4.69, 9.17) is 15.2 Å². The molecule has 1 aromatic carbocycles. The van der Waals surface area contributed by atoms with E-state index in [9.17, 15) is 4.79 Å². The molecule has 0 spiro atoms. The molecule has 0 saturated heterocycles. The van der Waals surface area contributed by atoms with Crippen LogP contribution in [0.2, 0.25) is 0 Å². The minimum atomic E-state index is -0.581. The smallest absolute Gasteiger partial charge is 0.239 e. The molecule has 7 heteroatoms. The molecular formula is C17H26ClN3O3. The second-order valence-electron chi connectivity index (χ2n) is 5.48. The number of carbonyl (C=O) groups is 1. The zero-order chi connectivity index (χ0) is 16.7. The van der Waals surface area contributed by atoms with E-state index in [1.54, 1.807) is 19.1 Å². The third-order valence-electron chi connectivity index (χ3n) is 3.87. The third-order valence-corrected chi connectivity index (χ3v) is 3.87. The highest BCUT2D eigenvalue weighted by atomic mass is 35.5. The number of para-hydroxylation sites is 1. The number of hydrogen-bond donors (Lipinski definition) is 2. The van der Waals surface area contributed by atoms with Gasteiger partial charge in [0.05, 0.1) is 19.3 Å². The van der Waals surface area contributed by atoms with E-state index in [0.29, 0.717) is 32.7 Å². The van der Waals surface area contributed by atoms with Crippen molar-refractivity contribution in [3.05, 3.63) is 36.0 Å². The van der Waals surface area contributed by atoms with Gasteiger partial charge < -0.3 is 25.1 Å². The maximum absolute atomic E-state index is 12.6. The predicted octanol–water partition coefficient (Wildman–Crippen LogP) is 1.58. The number of methoxy groups -OCH3 is 2. The fraction of sp³-hybridized carbons (Fsp3) is 0.471. The topological polar surface area (TPSA) is 80.6 Å². The van der Waals surface area contributed by atoms with Crippen molar-refractivity contribution in [1.29, 1.82) is 0 Å². The van der Waals surface area contributed by atoms with Gasteiger partial charge in [-0.05, 0) is 18.1 Å². The van der Waals surface area contributed by atoms with E-state index in [-0.39, 0.29) is 18.3 Å². The van der Waals surface area contributed by atoms with Crippen LogP contribution in [0.1, 0.15) is 5.56 Å². The summed E-state index contributed by atoms with van der Waals surface area (Å²) >= 11 is 0. The summed E-state index contributed by atoms with van der Waals surface area (Å²) in [4.78, 5) is 17.5. The van der Waals surface area contributed by atoms with Crippen molar-refractivity contribution >= 4 is 29.2 Å². The molecule has 0 fully saturated rings. The molecule has 0 aliphatic heterocycles. The number of benzene rings is 1. The summed E-state index contributed by atoms with van der Waals surface area (Å²) in [5.41, 5.74) is 8.27. The largest absolute Gasteiger partial charge is 0.383 e. The van der Waals surface area contributed by atoms with Crippen LogP contribution in [-0.2, 0) is 20.7 Å². The number of nitrogens with one attached hydrogen (secondary N) is 1. The number of H-pyrrole nitrogens is 1. The fourth-order valence-corrected chi connectivity index (χ4v) is 2.59. The Bertz CT molecular complexity index is 624. The minimum Gasteiger partial charge on any atom is -0.383 e. The molecule has 0 radical (unpaired) electrons. The van der Waals surface area contributed by atoms with Crippen LogP contribution < -0.4 is 5.73 Å². The number of ether oxygens (including phenoxy) is 2. The fourth-order valence-electron chi connectivity index (χ4n) is 2.59. The molecule has 134 valence electrons. The van der Waals surface area contributed by atoms with Crippen molar-refractivity contribution in [2.75, 3.05) is 40.5 Å². The van der Waals surface area contributed by atoms with Gasteiger partial charge in [0, 0.05) is 44.4 Å². The van der Waals surface area contributed by atoms with Gasteiger partial charge in [-0.25, -0.2) is 0 Å². The highest BCUT2D eigenvalue weighted by Crippen LogP contribution is 2.19. The van der Waals surface area contributed by atoms with E-state index in [0.717, 1.165) is 16.5 Å². The lowest BCUT2D eigenvalue weighted by molar-refractivity contribution is -0.133. The molecule has 3 N–H and O–H groups in total. The van der Waals surface area contributed by atoms with E-state index in [2.05, 4.69) is 4.98 Å². The molecule has 2 aromatic rings. The number of rotatable bonds is 9. The van der Waals surface area contributed by atoms with Crippen LogP contribution in [0.15, 0.2) is 30.5 Å². The summed E-state index contributed by atoms with van der Waals surface area (Å²) < 4.78 is 10.1. The first-order chi connectivity index (χ1) is 11.2. The van der Waals surface area contributed by atoms with Crippen molar-refractivity contribution in [3.8, 4) is 0 Å². The number of amides is 1. The maximum atomic E-state index is 12.6. The molecule has 0 aliphatic carbocycles. The predicted molar refractivity (Wildman–Crippen MR) is 97.6 cm³/mol. The Morgan fingerprint density at radius 1 is 1.21 bits per heavy atom. The molecule has 0 bridgehead atoms. The molecule has 0 aliphatic rings. The number of aromatic nitrogens is 1. The second-order valence-corrected chi connectivity index (χ2v) is 5.48. The average molecular weight is 356 g/mol. The summed E-state index contributed by atoms with van der Waals surface area (Å²) in [7, 11) is 3.23. The molecule has 1 amide bonds. The van der Waals surface area contributed by atoms with Gasteiger partial charge in [0.2, 0.25) is 5.91 Å². The molecule has 0 saturated carbocycles. The van der Waals surface area contributed by atoms with Gasteiger partial charge in [-0.3, -0.25) is 4.79 Å². The van der Waals surface area contributed by atoms with Crippen molar-refractivity contribution in [3.63, 3.8) is 0 Å². The Balaban J connectivity index is 0.00000288. The first kappa shape index (κ1) is 20.4. The zero-order valence-corrected chi connectivity index (χ0v) is 15.0. The van der Waals surface area contributed by atoms with Crippen LogP contribution in [0.25, 0.3) is 10.9 Å². The quantitative estimate of drug-likeness (QED) is 0.715. The van der Waals surface area contributed by atoms with Crippen LogP contribution in [0, 0.1) is 0 Å². The Hall–Kier alpha value is -1.60.